The highest BCUT2D eigenvalue weighted by atomic mass is 35.5. The van der Waals surface area contributed by atoms with Gasteiger partial charge in [-0.2, -0.15) is 0 Å². The number of rotatable bonds is 6. The smallest absolute Gasteiger partial charge is 0.255 e. The number of likely N-dealkylation sites (tertiary alicyclic amines) is 1. The maximum absolute atomic E-state index is 14.3. The highest BCUT2D eigenvalue weighted by Gasteiger charge is 2.57. The number of hydrogen-bond donors (Lipinski definition) is 1. The van der Waals surface area contributed by atoms with E-state index in [1.807, 2.05) is 5.38 Å². The minimum Gasteiger partial charge on any atom is -0.454 e. The van der Waals surface area contributed by atoms with Crippen molar-refractivity contribution in [2.75, 3.05) is 6.79 Å². The molecule has 9 heteroatoms. The van der Waals surface area contributed by atoms with Crippen LogP contribution in [-0.4, -0.2) is 35.3 Å². The first-order valence-corrected chi connectivity index (χ1v) is 13.6. The highest BCUT2D eigenvalue weighted by molar-refractivity contribution is 7.12. The summed E-state index contributed by atoms with van der Waals surface area (Å²) < 4.78 is 11.1. The summed E-state index contributed by atoms with van der Waals surface area (Å²) in [6.07, 6.45) is 0. The summed E-state index contributed by atoms with van der Waals surface area (Å²) in [6, 6.07) is 22.6. The molecule has 0 aliphatic carbocycles. The molecule has 196 valence electrons. The van der Waals surface area contributed by atoms with Gasteiger partial charge in [-0.25, -0.2) is 0 Å². The number of carbonyl (C=O) groups excluding carboxylic acids is 3. The van der Waals surface area contributed by atoms with Gasteiger partial charge in [0.2, 0.25) is 12.7 Å². The van der Waals surface area contributed by atoms with E-state index in [9.17, 15) is 14.4 Å². The number of ether oxygens (including phenoxy) is 2. The van der Waals surface area contributed by atoms with Crippen molar-refractivity contribution in [3.63, 3.8) is 0 Å². The Labute approximate surface area is 233 Å². The van der Waals surface area contributed by atoms with Crippen molar-refractivity contribution in [3.8, 4) is 11.5 Å². The molecule has 3 aromatic carbocycles. The minimum atomic E-state index is -1.11. The standard InChI is InChI=1S/C30H23ClN2O5S/c31-20-11-8-17(9-12-20)24-25(28(34)23-7-4-14-39-23)26(19-10-13-21-22(15-19)38-16-37-21)33(27(24)29(32)35)30(36)18-5-2-1-3-6-18/h1-15,24-27H,16H2,(H2,32,35). The predicted molar refractivity (Wildman–Crippen MR) is 147 cm³/mol. The van der Waals surface area contributed by atoms with Gasteiger partial charge in [-0.3, -0.25) is 14.4 Å². The van der Waals surface area contributed by atoms with Crippen LogP contribution in [0.15, 0.2) is 90.3 Å². The number of nitrogens with two attached hydrogens (primary N) is 1. The predicted octanol–water partition coefficient (Wildman–Crippen LogP) is 5.46. The van der Waals surface area contributed by atoms with Gasteiger partial charge in [0.15, 0.2) is 17.3 Å². The van der Waals surface area contributed by atoms with Gasteiger partial charge in [0.05, 0.1) is 16.8 Å². The number of hydrogen-bond acceptors (Lipinski definition) is 6. The molecule has 39 heavy (non-hydrogen) atoms. The zero-order valence-electron chi connectivity index (χ0n) is 20.5. The van der Waals surface area contributed by atoms with Crippen LogP contribution in [0.25, 0.3) is 0 Å². The lowest BCUT2D eigenvalue weighted by Crippen LogP contribution is -2.46. The molecule has 0 radical (unpaired) electrons. The van der Waals surface area contributed by atoms with Crippen molar-refractivity contribution < 1.29 is 23.9 Å². The van der Waals surface area contributed by atoms with E-state index < -0.39 is 35.7 Å². The molecule has 2 N–H and O–H groups in total. The average Bonchev–Trinajstić information content (AvgIpc) is 3.71. The third kappa shape index (κ3) is 4.45. The molecule has 2 aliphatic heterocycles. The molecule has 1 aromatic heterocycles. The third-order valence-corrected chi connectivity index (χ3v) is 8.41. The molecule has 0 bridgehead atoms. The molecule has 0 saturated carbocycles. The number of ketones is 1. The molecule has 7 nitrogen and oxygen atoms in total. The number of fused-ring (bicyclic) bond motifs is 1. The van der Waals surface area contributed by atoms with Crippen LogP contribution in [0.1, 0.15) is 43.1 Å². The van der Waals surface area contributed by atoms with E-state index in [4.69, 9.17) is 26.8 Å². The zero-order chi connectivity index (χ0) is 27.1. The summed E-state index contributed by atoms with van der Waals surface area (Å²) >= 11 is 7.50. The van der Waals surface area contributed by atoms with Gasteiger partial charge in [-0.1, -0.05) is 54.1 Å². The van der Waals surface area contributed by atoms with E-state index in [1.54, 1.807) is 84.9 Å². The number of thiophene rings is 1. The van der Waals surface area contributed by atoms with Gasteiger partial charge in [0.1, 0.15) is 6.04 Å². The minimum absolute atomic E-state index is 0.0744. The van der Waals surface area contributed by atoms with Crippen LogP contribution < -0.4 is 15.2 Å². The fourth-order valence-corrected chi connectivity index (χ4v) is 6.48. The van der Waals surface area contributed by atoms with Gasteiger partial charge in [0, 0.05) is 16.5 Å². The second-order valence-corrected chi connectivity index (χ2v) is 10.8. The zero-order valence-corrected chi connectivity index (χ0v) is 22.1. The Morgan fingerprint density at radius 3 is 2.28 bits per heavy atom. The second kappa shape index (κ2) is 10.2. The first-order valence-electron chi connectivity index (χ1n) is 12.3. The van der Waals surface area contributed by atoms with Crippen molar-refractivity contribution in [1.29, 1.82) is 0 Å². The molecular formula is C30H23ClN2O5S. The molecule has 4 unspecified atom stereocenters. The van der Waals surface area contributed by atoms with E-state index in [-0.39, 0.29) is 12.6 Å². The summed E-state index contributed by atoms with van der Waals surface area (Å²) in [6.45, 7) is 0.0744. The Balaban J connectivity index is 1.60. The molecule has 4 aromatic rings. The lowest BCUT2D eigenvalue weighted by molar-refractivity contribution is -0.122. The number of halogens is 1. The number of primary amides is 1. The molecular weight excluding hydrogens is 536 g/mol. The van der Waals surface area contributed by atoms with Crippen LogP contribution in [0, 0.1) is 5.92 Å². The van der Waals surface area contributed by atoms with E-state index in [2.05, 4.69) is 0 Å². The Kier molecular flexibility index (Phi) is 6.58. The molecule has 1 fully saturated rings. The normalized spacial score (nSPS) is 21.6. The lowest BCUT2D eigenvalue weighted by Gasteiger charge is -2.31. The number of carbonyl (C=O) groups is 3. The first-order chi connectivity index (χ1) is 18.9. The Morgan fingerprint density at radius 1 is 0.872 bits per heavy atom. The number of amides is 2. The summed E-state index contributed by atoms with van der Waals surface area (Å²) in [7, 11) is 0. The number of benzene rings is 3. The number of nitrogens with zero attached hydrogens (tertiary/aromatic N) is 1. The molecule has 2 aliphatic rings. The van der Waals surface area contributed by atoms with Gasteiger partial charge in [-0.15, -0.1) is 11.3 Å². The lowest BCUT2D eigenvalue weighted by atomic mass is 9.77. The largest absolute Gasteiger partial charge is 0.454 e. The molecule has 0 spiro atoms. The van der Waals surface area contributed by atoms with Crippen LogP contribution >= 0.6 is 22.9 Å². The topological polar surface area (TPSA) is 98.9 Å². The van der Waals surface area contributed by atoms with E-state index in [0.717, 1.165) is 0 Å². The van der Waals surface area contributed by atoms with E-state index in [1.165, 1.54) is 16.2 Å². The van der Waals surface area contributed by atoms with Crippen molar-refractivity contribution in [3.05, 3.63) is 117 Å². The Hall–Kier alpha value is -4.14. The monoisotopic (exact) mass is 558 g/mol. The Morgan fingerprint density at radius 2 is 1.59 bits per heavy atom. The van der Waals surface area contributed by atoms with Crippen LogP contribution in [0.2, 0.25) is 5.02 Å². The average molecular weight is 559 g/mol. The molecule has 6 rings (SSSR count). The summed E-state index contributed by atoms with van der Waals surface area (Å²) in [5.74, 6) is -1.75. The van der Waals surface area contributed by atoms with Crippen molar-refractivity contribution in [2.24, 2.45) is 11.7 Å². The van der Waals surface area contributed by atoms with Gasteiger partial charge in [-0.05, 0) is 59.0 Å². The fraction of sp³-hybridized carbons (Fsp3) is 0.167. The maximum atomic E-state index is 14.3. The fourth-order valence-electron chi connectivity index (χ4n) is 5.64. The van der Waals surface area contributed by atoms with Crippen LogP contribution in [0.5, 0.6) is 11.5 Å². The van der Waals surface area contributed by atoms with Gasteiger partial charge < -0.3 is 20.1 Å². The maximum Gasteiger partial charge on any atom is 0.255 e. The van der Waals surface area contributed by atoms with Crippen LogP contribution in [0.4, 0.5) is 0 Å². The van der Waals surface area contributed by atoms with Crippen molar-refractivity contribution in [2.45, 2.75) is 18.0 Å². The first kappa shape index (κ1) is 25.2. The van der Waals surface area contributed by atoms with Gasteiger partial charge in [0.25, 0.3) is 5.91 Å². The molecule has 1 saturated heterocycles. The van der Waals surface area contributed by atoms with Crippen molar-refractivity contribution in [1.82, 2.24) is 4.90 Å². The van der Waals surface area contributed by atoms with Gasteiger partial charge >= 0.3 is 0 Å². The Bertz CT molecular complexity index is 1540. The quantitative estimate of drug-likeness (QED) is 0.317. The summed E-state index contributed by atoms with van der Waals surface area (Å²) in [5.41, 5.74) is 7.77. The summed E-state index contributed by atoms with van der Waals surface area (Å²) in [5, 5.41) is 2.34. The van der Waals surface area contributed by atoms with Crippen molar-refractivity contribution >= 4 is 40.5 Å². The molecule has 4 atom stereocenters. The van der Waals surface area contributed by atoms with Crippen LogP contribution in [-0.2, 0) is 4.79 Å². The molecule has 2 amide bonds. The van der Waals surface area contributed by atoms with Crippen LogP contribution in [0.3, 0.4) is 0 Å². The summed E-state index contributed by atoms with van der Waals surface area (Å²) in [4.78, 5) is 43.8. The van der Waals surface area contributed by atoms with E-state index in [0.29, 0.717) is 38.1 Å². The third-order valence-electron chi connectivity index (χ3n) is 7.27. The molecule has 3 heterocycles. The highest BCUT2D eigenvalue weighted by Crippen LogP contribution is 2.53. The van der Waals surface area contributed by atoms with E-state index >= 15 is 0 Å². The second-order valence-electron chi connectivity index (χ2n) is 9.43. The number of Topliss-reactive ketones (excluding diaryl/α,β-unsaturated/α-hetero) is 1. The SMILES string of the molecule is NC(=O)C1C(c2ccc(Cl)cc2)C(C(=O)c2cccs2)C(c2ccc3c(c2)OCO3)N1C(=O)c1ccccc1.